The summed E-state index contributed by atoms with van der Waals surface area (Å²) in [5.41, 5.74) is 3.26. The molecule has 1 aliphatic rings. The van der Waals surface area contributed by atoms with E-state index in [0.717, 1.165) is 12.8 Å². The molecule has 5 heteroatoms. The van der Waals surface area contributed by atoms with Gasteiger partial charge in [-0.25, -0.2) is 0 Å². The molecule has 0 aromatic heterocycles. The Morgan fingerprint density at radius 2 is 1.82 bits per heavy atom. The van der Waals surface area contributed by atoms with Crippen LogP contribution in [-0.4, -0.2) is 31.3 Å². The van der Waals surface area contributed by atoms with Crippen molar-refractivity contribution >= 4 is 17.7 Å². The van der Waals surface area contributed by atoms with E-state index in [1.54, 1.807) is 0 Å². The lowest BCUT2D eigenvalue weighted by molar-refractivity contribution is -0.141. The number of amides is 1. The van der Waals surface area contributed by atoms with Gasteiger partial charge in [0.15, 0.2) is 5.78 Å². The number of hydrogen-bond donors (Lipinski definition) is 1. The highest BCUT2D eigenvalue weighted by molar-refractivity contribution is 5.98. The van der Waals surface area contributed by atoms with Crippen LogP contribution in [0.3, 0.4) is 0 Å². The lowest BCUT2D eigenvalue weighted by atomic mass is 9.89. The number of methoxy groups -OCH3 is 1. The van der Waals surface area contributed by atoms with Crippen molar-refractivity contribution in [2.75, 3.05) is 13.7 Å². The zero-order chi connectivity index (χ0) is 15.9. The molecule has 0 bridgehead atoms. The Morgan fingerprint density at radius 1 is 1.09 bits per heavy atom. The summed E-state index contributed by atoms with van der Waals surface area (Å²) in [6.07, 6.45) is 4.70. The van der Waals surface area contributed by atoms with E-state index < -0.39 is 5.97 Å². The van der Waals surface area contributed by atoms with E-state index in [1.165, 1.54) is 31.1 Å². The van der Waals surface area contributed by atoms with Crippen LogP contribution in [0, 0.1) is 0 Å². The highest BCUT2D eigenvalue weighted by atomic mass is 16.5. The first-order chi connectivity index (χ1) is 10.6. The van der Waals surface area contributed by atoms with Gasteiger partial charge in [-0.2, -0.15) is 0 Å². The number of esters is 1. The number of hydrogen-bond acceptors (Lipinski definition) is 4. The fourth-order valence-electron chi connectivity index (χ4n) is 2.61. The topological polar surface area (TPSA) is 72.5 Å². The second-order valence-electron chi connectivity index (χ2n) is 5.47. The summed E-state index contributed by atoms with van der Waals surface area (Å²) in [6, 6.07) is 5.83. The number of rotatable bonds is 6. The number of carbonyl (C=O) groups is 3. The van der Waals surface area contributed by atoms with Crippen molar-refractivity contribution in [3.8, 4) is 0 Å². The summed E-state index contributed by atoms with van der Waals surface area (Å²) in [5.74, 6) is -0.868. The van der Waals surface area contributed by atoms with Crippen molar-refractivity contribution in [1.29, 1.82) is 0 Å². The highest BCUT2D eigenvalue weighted by Gasteiger charge is 2.14. The molecule has 5 nitrogen and oxygen atoms in total. The maximum absolute atomic E-state index is 12.2. The maximum Gasteiger partial charge on any atom is 0.325 e. The third-order valence-corrected chi connectivity index (χ3v) is 3.91. The van der Waals surface area contributed by atoms with Gasteiger partial charge in [0.2, 0.25) is 5.91 Å². The first-order valence-electron chi connectivity index (χ1n) is 7.58. The van der Waals surface area contributed by atoms with Gasteiger partial charge in [-0.1, -0.05) is 12.1 Å². The Bertz CT molecular complexity index is 580. The zero-order valence-electron chi connectivity index (χ0n) is 12.8. The van der Waals surface area contributed by atoms with Crippen molar-refractivity contribution in [2.45, 2.75) is 38.5 Å². The second-order valence-corrected chi connectivity index (χ2v) is 5.47. The number of Topliss-reactive ketones (excluding diaryl/α,β-unsaturated/α-hetero) is 1. The van der Waals surface area contributed by atoms with Crippen LogP contribution < -0.4 is 5.32 Å². The molecule has 118 valence electrons. The summed E-state index contributed by atoms with van der Waals surface area (Å²) in [5, 5.41) is 2.42. The van der Waals surface area contributed by atoms with Gasteiger partial charge >= 0.3 is 5.97 Å². The molecular formula is C17H21NO4. The van der Waals surface area contributed by atoms with Crippen LogP contribution in [0.15, 0.2) is 18.2 Å². The molecule has 0 heterocycles. The van der Waals surface area contributed by atoms with Gasteiger partial charge in [0.1, 0.15) is 6.54 Å². The molecule has 0 saturated heterocycles. The van der Waals surface area contributed by atoms with Gasteiger partial charge < -0.3 is 10.1 Å². The van der Waals surface area contributed by atoms with Crippen LogP contribution in [0.4, 0.5) is 0 Å². The number of aryl methyl sites for hydroxylation is 2. The molecule has 22 heavy (non-hydrogen) atoms. The number of benzene rings is 1. The summed E-state index contributed by atoms with van der Waals surface area (Å²) >= 11 is 0. The van der Waals surface area contributed by atoms with Gasteiger partial charge in [-0.3, -0.25) is 14.4 Å². The third-order valence-electron chi connectivity index (χ3n) is 3.91. The molecule has 0 spiro atoms. The average Bonchev–Trinajstić information content (AvgIpc) is 2.56. The number of fused-ring (bicyclic) bond motifs is 1. The smallest absolute Gasteiger partial charge is 0.325 e. The van der Waals surface area contributed by atoms with Crippen molar-refractivity contribution in [3.63, 3.8) is 0 Å². The minimum absolute atomic E-state index is 0.0402. The van der Waals surface area contributed by atoms with E-state index in [4.69, 9.17) is 0 Å². The summed E-state index contributed by atoms with van der Waals surface area (Å²) < 4.78 is 4.43. The molecule has 0 radical (unpaired) electrons. The standard InChI is InChI=1S/C17H21NO4/c1-22-17(21)11-18-16(20)9-8-15(19)14-7-6-12-4-2-3-5-13(12)10-14/h6-7,10H,2-5,8-9,11H2,1H3,(H,18,20). The number of carbonyl (C=O) groups excluding carboxylic acids is 3. The zero-order valence-corrected chi connectivity index (χ0v) is 12.8. The van der Waals surface area contributed by atoms with E-state index >= 15 is 0 Å². The van der Waals surface area contributed by atoms with Crippen LogP contribution in [0.1, 0.15) is 47.2 Å². The summed E-state index contributed by atoms with van der Waals surface area (Å²) in [6.45, 7) is -0.164. The molecule has 0 unspecified atom stereocenters. The molecule has 1 aliphatic carbocycles. The molecule has 1 aromatic rings. The number of ketones is 1. The highest BCUT2D eigenvalue weighted by Crippen LogP contribution is 2.22. The minimum Gasteiger partial charge on any atom is -0.468 e. The molecular weight excluding hydrogens is 282 g/mol. The summed E-state index contributed by atoms with van der Waals surface area (Å²) in [4.78, 5) is 34.6. The van der Waals surface area contributed by atoms with E-state index in [9.17, 15) is 14.4 Å². The summed E-state index contributed by atoms with van der Waals surface area (Å²) in [7, 11) is 1.26. The molecule has 2 rings (SSSR count). The van der Waals surface area contributed by atoms with Crippen LogP contribution in [0.2, 0.25) is 0 Å². The van der Waals surface area contributed by atoms with Crippen molar-refractivity contribution in [1.82, 2.24) is 5.32 Å². The number of ether oxygens (including phenoxy) is 1. The van der Waals surface area contributed by atoms with Gasteiger partial charge in [0, 0.05) is 18.4 Å². The van der Waals surface area contributed by atoms with E-state index in [0.29, 0.717) is 5.56 Å². The van der Waals surface area contributed by atoms with Crippen LogP contribution in [-0.2, 0) is 27.2 Å². The predicted octanol–water partition coefficient (Wildman–Crippen LogP) is 1.82. The Hall–Kier alpha value is -2.17. The fourth-order valence-corrected chi connectivity index (χ4v) is 2.61. The lowest BCUT2D eigenvalue weighted by Crippen LogP contribution is -2.30. The van der Waals surface area contributed by atoms with E-state index in [2.05, 4.69) is 10.1 Å². The fraction of sp³-hybridized carbons (Fsp3) is 0.471. The van der Waals surface area contributed by atoms with Gasteiger partial charge in [-0.05, 0) is 42.9 Å². The monoisotopic (exact) mass is 303 g/mol. The quantitative estimate of drug-likeness (QED) is 0.642. The molecule has 1 N–H and O–H groups in total. The molecule has 1 aromatic carbocycles. The van der Waals surface area contributed by atoms with Crippen LogP contribution >= 0.6 is 0 Å². The van der Waals surface area contributed by atoms with Gasteiger partial charge in [0.25, 0.3) is 0 Å². The molecule has 0 atom stereocenters. The largest absolute Gasteiger partial charge is 0.468 e. The van der Waals surface area contributed by atoms with E-state index in [-0.39, 0.29) is 31.1 Å². The van der Waals surface area contributed by atoms with Crippen molar-refractivity contribution < 1.29 is 19.1 Å². The lowest BCUT2D eigenvalue weighted by Gasteiger charge is -2.16. The normalized spacial score (nSPS) is 13.1. The number of nitrogens with one attached hydrogen (secondary N) is 1. The minimum atomic E-state index is -0.505. The first-order valence-corrected chi connectivity index (χ1v) is 7.58. The van der Waals surface area contributed by atoms with E-state index in [1.807, 2.05) is 18.2 Å². The van der Waals surface area contributed by atoms with Crippen LogP contribution in [0.25, 0.3) is 0 Å². The molecule has 0 saturated carbocycles. The third kappa shape index (κ3) is 4.41. The van der Waals surface area contributed by atoms with Gasteiger partial charge in [-0.15, -0.1) is 0 Å². The maximum atomic E-state index is 12.2. The molecule has 1 amide bonds. The molecule has 0 fully saturated rings. The first kappa shape index (κ1) is 16.2. The predicted molar refractivity (Wildman–Crippen MR) is 81.7 cm³/mol. The van der Waals surface area contributed by atoms with Gasteiger partial charge in [0.05, 0.1) is 7.11 Å². The Kier molecular flexibility index (Phi) is 5.69. The van der Waals surface area contributed by atoms with Crippen LogP contribution in [0.5, 0.6) is 0 Å². The van der Waals surface area contributed by atoms with Crippen molar-refractivity contribution in [3.05, 3.63) is 34.9 Å². The SMILES string of the molecule is COC(=O)CNC(=O)CCC(=O)c1ccc2c(c1)CCCC2. The average molecular weight is 303 g/mol. The molecule has 0 aliphatic heterocycles. The second kappa shape index (κ2) is 7.73. The Labute approximate surface area is 130 Å². The Balaban J connectivity index is 1.84. The van der Waals surface area contributed by atoms with Crippen molar-refractivity contribution in [2.24, 2.45) is 0 Å². The Morgan fingerprint density at radius 3 is 2.55 bits per heavy atom.